The van der Waals surface area contributed by atoms with Crippen LogP contribution in [0.5, 0.6) is 0 Å². The fourth-order valence-corrected chi connectivity index (χ4v) is 2.51. The van der Waals surface area contributed by atoms with Crippen LogP contribution in [-0.2, 0) is 0 Å². The summed E-state index contributed by atoms with van der Waals surface area (Å²) >= 11 is 0. The third-order valence-corrected chi connectivity index (χ3v) is 4.00. The Balaban J connectivity index is 1.74. The Bertz CT molecular complexity index is 943. The summed E-state index contributed by atoms with van der Waals surface area (Å²) in [5.74, 6) is -2.80. The molecule has 1 heterocycles. The van der Waals surface area contributed by atoms with Crippen molar-refractivity contribution in [1.29, 1.82) is 0 Å². The van der Waals surface area contributed by atoms with Crippen LogP contribution in [0.2, 0.25) is 0 Å². The lowest BCUT2D eigenvalue weighted by molar-refractivity contribution is 0.499. The van der Waals surface area contributed by atoms with Crippen molar-refractivity contribution in [2.45, 2.75) is 18.9 Å². The zero-order valence-corrected chi connectivity index (χ0v) is 13.6. The topological polar surface area (TPSA) is 49.8 Å². The van der Waals surface area contributed by atoms with Crippen LogP contribution in [0, 0.1) is 17.5 Å². The Morgan fingerprint density at radius 2 is 1.62 bits per heavy atom. The lowest BCUT2D eigenvalue weighted by Gasteiger charge is -2.12. The maximum atomic E-state index is 14.0. The first-order valence-electron chi connectivity index (χ1n) is 8.22. The van der Waals surface area contributed by atoms with Crippen molar-refractivity contribution in [3.05, 3.63) is 66.0 Å². The Morgan fingerprint density at radius 1 is 0.885 bits per heavy atom. The van der Waals surface area contributed by atoms with Crippen molar-refractivity contribution in [3.8, 4) is 11.3 Å². The average Bonchev–Trinajstić information content (AvgIpc) is 3.46. The molecule has 4 nitrogen and oxygen atoms in total. The highest BCUT2D eigenvalue weighted by Crippen LogP contribution is 2.29. The molecule has 0 atom stereocenters. The molecule has 2 aromatic carbocycles. The molecule has 0 spiro atoms. The van der Waals surface area contributed by atoms with Crippen LogP contribution in [0.3, 0.4) is 0 Å². The molecular formula is C19H15F3N4. The molecule has 1 aromatic heterocycles. The van der Waals surface area contributed by atoms with Crippen molar-refractivity contribution in [3.63, 3.8) is 0 Å². The van der Waals surface area contributed by atoms with Gasteiger partial charge in [-0.15, -0.1) is 0 Å². The quantitative estimate of drug-likeness (QED) is 0.640. The highest BCUT2D eigenvalue weighted by molar-refractivity contribution is 5.67. The molecule has 0 unspecified atom stereocenters. The summed E-state index contributed by atoms with van der Waals surface area (Å²) in [5.41, 5.74) is 0.834. The SMILES string of the molecule is Fc1ccc(F)c(Nc2cc(-c3ccccc3)nc(NC3CC3)n2)c1F. The van der Waals surface area contributed by atoms with E-state index < -0.39 is 23.1 Å². The lowest BCUT2D eigenvalue weighted by atomic mass is 10.1. The summed E-state index contributed by atoms with van der Waals surface area (Å²) in [6.45, 7) is 0. The predicted molar refractivity (Wildman–Crippen MR) is 93.7 cm³/mol. The van der Waals surface area contributed by atoms with Crippen LogP contribution < -0.4 is 10.6 Å². The maximum Gasteiger partial charge on any atom is 0.225 e. The van der Waals surface area contributed by atoms with Gasteiger partial charge in [0.05, 0.1) is 5.69 Å². The number of hydrogen-bond acceptors (Lipinski definition) is 4. The number of aromatic nitrogens is 2. The Kier molecular flexibility index (Phi) is 4.20. The summed E-state index contributed by atoms with van der Waals surface area (Å²) in [7, 11) is 0. The van der Waals surface area contributed by atoms with Gasteiger partial charge in [0.1, 0.15) is 17.3 Å². The minimum atomic E-state index is -1.29. The minimum Gasteiger partial charge on any atom is -0.351 e. The van der Waals surface area contributed by atoms with E-state index in [0.29, 0.717) is 17.7 Å². The van der Waals surface area contributed by atoms with Gasteiger partial charge in [0.2, 0.25) is 5.95 Å². The van der Waals surface area contributed by atoms with Crippen molar-refractivity contribution >= 4 is 17.5 Å². The second-order valence-electron chi connectivity index (χ2n) is 6.09. The number of benzene rings is 2. The van der Waals surface area contributed by atoms with Crippen LogP contribution in [0.25, 0.3) is 11.3 Å². The Hall–Kier alpha value is -3.09. The van der Waals surface area contributed by atoms with Crippen LogP contribution in [-0.4, -0.2) is 16.0 Å². The fourth-order valence-electron chi connectivity index (χ4n) is 2.51. The van der Waals surface area contributed by atoms with Gasteiger partial charge in [-0.25, -0.2) is 18.2 Å². The summed E-state index contributed by atoms with van der Waals surface area (Å²) in [6, 6.07) is 12.8. The monoisotopic (exact) mass is 356 g/mol. The second-order valence-corrected chi connectivity index (χ2v) is 6.09. The van der Waals surface area contributed by atoms with Gasteiger partial charge < -0.3 is 10.6 Å². The van der Waals surface area contributed by atoms with E-state index in [9.17, 15) is 13.2 Å². The van der Waals surface area contributed by atoms with Gasteiger partial charge in [0.25, 0.3) is 0 Å². The first-order chi connectivity index (χ1) is 12.6. The molecule has 0 radical (unpaired) electrons. The zero-order valence-electron chi connectivity index (χ0n) is 13.6. The highest BCUT2D eigenvalue weighted by atomic mass is 19.2. The molecule has 0 saturated heterocycles. The molecule has 1 saturated carbocycles. The molecular weight excluding hydrogens is 341 g/mol. The van der Waals surface area contributed by atoms with E-state index in [1.807, 2.05) is 30.3 Å². The van der Waals surface area contributed by atoms with Crippen LogP contribution >= 0.6 is 0 Å². The van der Waals surface area contributed by atoms with E-state index in [-0.39, 0.29) is 5.82 Å². The number of rotatable bonds is 5. The van der Waals surface area contributed by atoms with Gasteiger partial charge in [-0.05, 0) is 25.0 Å². The molecule has 0 bridgehead atoms. The number of anilines is 3. The summed E-state index contributed by atoms with van der Waals surface area (Å²) in [4.78, 5) is 8.72. The molecule has 7 heteroatoms. The van der Waals surface area contributed by atoms with E-state index in [4.69, 9.17) is 0 Å². The van der Waals surface area contributed by atoms with E-state index in [1.54, 1.807) is 6.07 Å². The molecule has 132 valence electrons. The molecule has 0 aliphatic heterocycles. The normalized spacial score (nSPS) is 13.5. The first kappa shape index (κ1) is 16.4. The van der Waals surface area contributed by atoms with Crippen LogP contribution in [0.15, 0.2) is 48.5 Å². The Labute approximate surface area is 148 Å². The van der Waals surface area contributed by atoms with E-state index in [0.717, 1.165) is 30.5 Å². The van der Waals surface area contributed by atoms with E-state index >= 15 is 0 Å². The molecule has 1 aliphatic carbocycles. The van der Waals surface area contributed by atoms with Gasteiger partial charge in [-0.2, -0.15) is 4.98 Å². The predicted octanol–water partition coefficient (Wildman–Crippen LogP) is 4.88. The summed E-state index contributed by atoms with van der Waals surface area (Å²) < 4.78 is 41.3. The number of halogens is 3. The molecule has 1 aliphatic rings. The maximum absolute atomic E-state index is 14.0. The largest absolute Gasteiger partial charge is 0.351 e. The highest BCUT2D eigenvalue weighted by Gasteiger charge is 2.23. The Morgan fingerprint density at radius 3 is 2.35 bits per heavy atom. The second kappa shape index (κ2) is 6.67. The standard InChI is InChI=1S/C19H15F3N4/c20-13-8-9-14(21)18(17(13)22)25-16-10-15(11-4-2-1-3-5-11)24-19(26-16)23-12-6-7-12/h1-5,8-10,12H,6-7H2,(H2,23,24,25,26). The zero-order chi connectivity index (χ0) is 18.1. The summed E-state index contributed by atoms with van der Waals surface area (Å²) in [5, 5.41) is 5.71. The number of hydrogen-bond donors (Lipinski definition) is 2. The third kappa shape index (κ3) is 3.46. The van der Waals surface area contributed by atoms with Gasteiger partial charge in [-0.3, -0.25) is 0 Å². The minimum absolute atomic E-state index is 0.172. The fraction of sp³-hybridized carbons (Fsp3) is 0.158. The number of nitrogens with zero attached hydrogens (tertiary/aromatic N) is 2. The molecule has 1 fully saturated rings. The van der Waals surface area contributed by atoms with Crippen LogP contribution in [0.1, 0.15) is 12.8 Å². The molecule has 2 N–H and O–H groups in total. The van der Waals surface area contributed by atoms with E-state index in [1.165, 1.54) is 0 Å². The average molecular weight is 356 g/mol. The van der Waals surface area contributed by atoms with Gasteiger partial charge in [-0.1, -0.05) is 30.3 Å². The first-order valence-corrected chi connectivity index (χ1v) is 8.22. The molecule has 0 amide bonds. The molecule has 3 aromatic rings. The number of nitrogens with one attached hydrogen (secondary N) is 2. The van der Waals surface area contributed by atoms with Crippen molar-refractivity contribution in [2.75, 3.05) is 10.6 Å². The summed E-state index contributed by atoms with van der Waals surface area (Å²) in [6.07, 6.45) is 2.05. The van der Waals surface area contributed by atoms with Crippen molar-refractivity contribution < 1.29 is 13.2 Å². The molecule has 4 rings (SSSR count). The van der Waals surface area contributed by atoms with Crippen LogP contribution in [0.4, 0.5) is 30.6 Å². The van der Waals surface area contributed by atoms with Gasteiger partial charge >= 0.3 is 0 Å². The molecule has 26 heavy (non-hydrogen) atoms. The van der Waals surface area contributed by atoms with E-state index in [2.05, 4.69) is 20.6 Å². The van der Waals surface area contributed by atoms with Crippen molar-refractivity contribution in [1.82, 2.24) is 9.97 Å². The smallest absolute Gasteiger partial charge is 0.225 e. The van der Waals surface area contributed by atoms with Crippen molar-refractivity contribution in [2.24, 2.45) is 0 Å². The lowest BCUT2D eigenvalue weighted by Crippen LogP contribution is -2.09. The third-order valence-electron chi connectivity index (χ3n) is 4.00. The van der Waals surface area contributed by atoms with Gasteiger partial charge in [0, 0.05) is 17.7 Å². The van der Waals surface area contributed by atoms with Gasteiger partial charge in [0.15, 0.2) is 11.6 Å².